The van der Waals surface area contributed by atoms with Gasteiger partial charge in [-0.05, 0) is 66.6 Å². The van der Waals surface area contributed by atoms with Crippen LogP contribution in [-0.2, 0) is 72.2 Å². The Kier molecular flexibility index (Phi) is 67.9. The minimum absolute atomic E-state index is 0. The van der Waals surface area contributed by atoms with Gasteiger partial charge in [0.2, 0.25) is 11.8 Å². The van der Waals surface area contributed by atoms with Crippen LogP contribution < -0.4 is 16.0 Å². The molecule has 3 aromatic rings. The molecule has 124 heavy (non-hydrogen) atoms. The number of aliphatic hydroxyl groups is 6. The first kappa shape index (κ1) is 112. The predicted octanol–water partition coefficient (Wildman–Crippen LogP) is 20.8. The van der Waals surface area contributed by atoms with Gasteiger partial charge in [0.25, 0.3) is 5.91 Å². The lowest BCUT2D eigenvalue weighted by Gasteiger charge is -2.44. The summed E-state index contributed by atoms with van der Waals surface area (Å²) < 4.78 is 45.1. The summed E-state index contributed by atoms with van der Waals surface area (Å²) in [5.41, 5.74) is 3.36. The van der Waals surface area contributed by atoms with Crippen molar-refractivity contribution in [2.24, 2.45) is 17.8 Å². The average Bonchev–Trinajstić information content (AvgIpc) is 0.817. The molecule has 0 radical (unpaired) electrons. The molecule has 3 aromatic carbocycles. The number of rotatable bonds is 72. The van der Waals surface area contributed by atoms with Crippen LogP contribution in [0.2, 0.25) is 0 Å². The summed E-state index contributed by atoms with van der Waals surface area (Å²) in [5.74, 6) is 2.42. The molecular weight excluding hydrogens is 1570 g/mol. The summed E-state index contributed by atoms with van der Waals surface area (Å²) >= 11 is 0. The molecule has 21 nitrogen and oxygen atoms in total. The largest absolute Gasteiger partial charge is 0.472 e. The number of hydrogen-bond acceptors (Lipinski definition) is 17. The standard InChI is InChI=1S/C61H97NO6.C39H72N2O10.C3H2O2.6H2/c1-6-8-10-12-14-16-18-19-20-22-24-35-43-57(65-46-54-39-31-27-32-40-54)60(66-47-55-41-33-28-34-42-55)56(62-59(63)44-36-25-23-21-17-15-13-11-9-7-2)48-67-61-52(5)50(3)51(4)58(68-61)49-64-45-53-37-29-26-30-38-53;1-3-5-6-7-8-9-10-11-13-16-19-22-25-31(43)35(46)30(29-50-39-38(49)37(48)36(47)32(28-42)51-39)41-34(45)26-23-20-17-14-12-15-18-21-24-27-40-33(44)4-2;1-2-3(4)5;;;;;;/h26-34,37-42,50-52,56-58,60-61H,6-25,35-36,43-49H2,1-5H3,(H,62,63);2,30-32,35-39,42-43,46-49H,3,5-29H2,1H3,(H,40,44)(H,41,45);1H,(H,4,5);6*1H/t50-,51+,52?,56-,57+,58?,60-,61-;30-,31+,32?,35-,36-,37-,38?,39-;;;;;;;/m00......./s1. The van der Waals surface area contributed by atoms with E-state index in [1.165, 1.54) is 173 Å². The third-order valence-electron chi connectivity index (χ3n) is 24.5. The third kappa shape index (κ3) is 53.8. The van der Waals surface area contributed by atoms with Gasteiger partial charge in [-0.15, -0.1) is 12.8 Å². The highest BCUT2D eigenvalue weighted by molar-refractivity contribution is 5.92. The first-order valence-electron chi connectivity index (χ1n) is 48.8. The van der Waals surface area contributed by atoms with Gasteiger partial charge in [0, 0.05) is 39.8 Å². The van der Waals surface area contributed by atoms with Gasteiger partial charge in [0.1, 0.15) is 36.6 Å². The van der Waals surface area contributed by atoms with E-state index in [4.69, 9.17) is 49.5 Å². The molecule has 0 bridgehead atoms. The molecule has 2 aliphatic rings. The fourth-order valence-corrected chi connectivity index (χ4v) is 16.2. The molecule has 0 aliphatic carbocycles. The number of carboxylic acid groups (broad SMARTS) is 1. The summed E-state index contributed by atoms with van der Waals surface area (Å²) in [6, 6.07) is 29.7. The van der Waals surface area contributed by atoms with Crippen molar-refractivity contribution in [3.63, 3.8) is 0 Å². The van der Waals surface area contributed by atoms with Crippen LogP contribution in [0.15, 0.2) is 91.0 Å². The molecule has 5 rings (SSSR count). The first-order valence-corrected chi connectivity index (χ1v) is 48.8. The number of aliphatic carboxylic acids is 1. The number of carbonyl (C=O) groups excluding carboxylic acids is 3. The van der Waals surface area contributed by atoms with Gasteiger partial charge in [-0.1, -0.05) is 389 Å². The molecule has 2 heterocycles. The van der Waals surface area contributed by atoms with E-state index in [9.17, 15) is 45.0 Å². The summed E-state index contributed by atoms with van der Waals surface area (Å²) in [4.78, 5) is 47.2. The SMILES string of the molecule is C#CC(=O)NCCCCCCCCCCCC(=O)N[C@@H](CO[C@H]1OC(CO)[C@H](O)[C@H](O)C1O)[C@H](O)[C@H](O)CCCCCCCCCCCCCC.C#CC(=O)O.CCCCCCCCCCCCCC[C@@H](OCc1ccccc1)[C@@H](OCc1ccccc1)[C@H](CO[C@H]1OC(COCc2ccccc2)[C@H](C)[C@H](C)C1C)NC(=O)CCCCCCCCCCCC.[HH].[HH].[HH].[HH].[HH].[HH]. The Morgan fingerprint density at radius 3 is 1.23 bits per heavy atom. The number of carboxylic acids is 1. The van der Waals surface area contributed by atoms with Crippen molar-refractivity contribution >= 4 is 23.7 Å². The molecular formula is C103H183N3O18. The molecule has 718 valence electrons. The van der Waals surface area contributed by atoms with E-state index in [2.05, 4.69) is 125 Å². The molecule has 3 amide bonds. The van der Waals surface area contributed by atoms with E-state index in [-0.39, 0.29) is 64.0 Å². The second-order valence-electron chi connectivity index (χ2n) is 35.1. The maximum atomic E-state index is 14.1. The van der Waals surface area contributed by atoms with Gasteiger partial charge in [0.05, 0.1) is 76.6 Å². The van der Waals surface area contributed by atoms with Gasteiger partial charge >= 0.3 is 5.97 Å². The molecule has 21 heteroatoms. The van der Waals surface area contributed by atoms with E-state index in [0.29, 0.717) is 64.1 Å². The van der Waals surface area contributed by atoms with Gasteiger partial charge in [0.15, 0.2) is 12.6 Å². The number of ether oxygens (including phenoxy) is 7. The summed E-state index contributed by atoms with van der Waals surface area (Å²) in [5, 5.41) is 78.4. The molecule has 2 saturated heterocycles. The van der Waals surface area contributed by atoms with Crippen molar-refractivity contribution in [3.05, 3.63) is 108 Å². The lowest BCUT2D eigenvalue weighted by atomic mass is 9.79. The first-order chi connectivity index (χ1) is 60.3. The summed E-state index contributed by atoms with van der Waals surface area (Å²) in [7, 11) is 0. The Hall–Kier alpha value is -5.86. The highest BCUT2D eigenvalue weighted by Gasteiger charge is 2.45. The molecule has 4 unspecified atom stereocenters. The number of hydrogen-bond donors (Lipinski definition) is 10. The molecule has 0 aromatic heterocycles. The quantitative estimate of drug-likeness (QED) is 0.0185. The van der Waals surface area contributed by atoms with E-state index in [1.807, 2.05) is 36.3 Å². The zero-order chi connectivity index (χ0) is 90.3. The minimum Gasteiger partial charge on any atom is -0.472 e. The highest BCUT2D eigenvalue weighted by atomic mass is 16.7. The van der Waals surface area contributed by atoms with Crippen molar-refractivity contribution in [3.8, 4) is 24.7 Å². The van der Waals surface area contributed by atoms with Crippen LogP contribution in [0.3, 0.4) is 0 Å². The second kappa shape index (κ2) is 75.0. The van der Waals surface area contributed by atoms with E-state index >= 15 is 0 Å². The third-order valence-corrected chi connectivity index (χ3v) is 24.5. The maximum absolute atomic E-state index is 14.1. The zero-order valence-electron chi connectivity index (χ0n) is 77.6. The van der Waals surface area contributed by atoms with E-state index < -0.39 is 80.0 Å². The van der Waals surface area contributed by atoms with Crippen LogP contribution in [0.4, 0.5) is 0 Å². The van der Waals surface area contributed by atoms with Crippen LogP contribution in [-0.4, -0.2) is 172 Å². The van der Waals surface area contributed by atoms with Crippen molar-refractivity contribution in [1.29, 1.82) is 0 Å². The van der Waals surface area contributed by atoms with Crippen molar-refractivity contribution < 1.29 is 96.6 Å². The van der Waals surface area contributed by atoms with Crippen LogP contribution in [0.1, 0.15) is 369 Å². The fraction of sp³-hybridized carbons (Fsp3) is 0.748. The number of amides is 3. The summed E-state index contributed by atoms with van der Waals surface area (Å²) in [6.07, 6.45) is 51.0. The lowest BCUT2D eigenvalue weighted by molar-refractivity contribution is -0.303. The molecule has 16 atom stereocenters. The van der Waals surface area contributed by atoms with Gasteiger partial charge in [-0.3, -0.25) is 14.4 Å². The van der Waals surface area contributed by atoms with Gasteiger partial charge < -0.3 is 84.9 Å². The molecule has 0 spiro atoms. The van der Waals surface area contributed by atoms with E-state index in [1.54, 1.807) is 0 Å². The van der Waals surface area contributed by atoms with Gasteiger partial charge in [-0.25, -0.2) is 4.79 Å². The summed E-state index contributed by atoms with van der Waals surface area (Å²) in [6.45, 7) is 15.4. The number of nitrogens with one attached hydrogen (secondary N) is 3. The van der Waals surface area contributed by atoms with Gasteiger partial charge in [-0.2, -0.15) is 0 Å². The predicted molar refractivity (Wildman–Crippen MR) is 509 cm³/mol. The smallest absolute Gasteiger partial charge is 0.381 e. The van der Waals surface area contributed by atoms with Crippen molar-refractivity contribution in [2.75, 3.05) is 33.0 Å². The molecule has 0 saturated carbocycles. The Bertz CT molecular complexity index is 3160. The van der Waals surface area contributed by atoms with Crippen LogP contribution in [0.5, 0.6) is 0 Å². The lowest BCUT2D eigenvalue weighted by Crippen LogP contribution is -2.60. The Morgan fingerprint density at radius 2 is 0.806 bits per heavy atom. The Balaban J connectivity index is -0.00000115. The molecule has 2 aliphatic heterocycles. The fourth-order valence-electron chi connectivity index (χ4n) is 16.2. The highest BCUT2D eigenvalue weighted by Crippen LogP contribution is 2.37. The molecule has 2 fully saturated rings. The normalized spacial score (nSPS) is 20.1. The van der Waals surface area contributed by atoms with Crippen LogP contribution in [0.25, 0.3) is 0 Å². The second-order valence-corrected chi connectivity index (χ2v) is 35.1. The van der Waals surface area contributed by atoms with Crippen LogP contribution in [0, 0.1) is 42.4 Å². The molecule has 10 N–H and O–H groups in total. The van der Waals surface area contributed by atoms with Crippen LogP contribution >= 0.6 is 0 Å². The number of terminal acetylenes is 2. The maximum Gasteiger partial charge on any atom is 0.381 e. The van der Waals surface area contributed by atoms with Crippen molar-refractivity contribution in [1.82, 2.24) is 16.0 Å². The number of carbonyl (C=O) groups is 4. The zero-order valence-corrected chi connectivity index (χ0v) is 77.6. The van der Waals surface area contributed by atoms with E-state index in [0.717, 1.165) is 126 Å². The number of aliphatic hydroxyl groups excluding tert-OH is 6. The average molecular weight is 1750 g/mol. The minimum atomic E-state index is -1.62. The number of benzene rings is 3. The monoisotopic (exact) mass is 1750 g/mol. The number of unbranched alkanes of at least 4 members (excludes halogenated alkanes) is 39. The topological polar surface area (TPSA) is 311 Å². The van der Waals surface area contributed by atoms with Crippen molar-refractivity contribution in [2.45, 2.75) is 443 Å². The Labute approximate surface area is 758 Å². The Morgan fingerprint density at radius 1 is 0.435 bits per heavy atom.